The molecule has 0 radical (unpaired) electrons. The molecule has 0 spiro atoms. The van der Waals surface area contributed by atoms with Gasteiger partial charge in [-0.1, -0.05) is 30.3 Å². The summed E-state index contributed by atoms with van der Waals surface area (Å²) in [4.78, 5) is 0. The largest absolute Gasteiger partial charge is 0.392 e. The highest BCUT2D eigenvalue weighted by Crippen LogP contribution is 2.27. The third-order valence-corrected chi connectivity index (χ3v) is 4.40. The minimum atomic E-state index is -0.480. The maximum Gasteiger partial charge on any atom is 0.0777 e. The summed E-state index contributed by atoms with van der Waals surface area (Å²) in [5.74, 6) is 1.95. The summed E-state index contributed by atoms with van der Waals surface area (Å²) in [5.41, 5.74) is 1.11. The highest BCUT2D eigenvalue weighted by atomic mass is 32.2. The Morgan fingerprint density at radius 2 is 2.06 bits per heavy atom. The summed E-state index contributed by atoms with van der Waals surface area (Å²) < 4.78 is 5.49. The molecule has 0 bridgehead atoms. The van der Waals surface area contributed by atoms with Gasteiger partial charge in [-0.15, -0.1) is 0 Å². The maximum absolute atomic E-state index is 9.86. The van der Waals surface area contributed by atoms with Gasteiger partial charge < -0.3 is 14.9 Å². The minimum Gasteiger partial charge on any atom is -0.392 e. The van der Waals surface area contributed by atoms with Gasteiger partial charge in [-0.05, 0) is 23.7 Å². The Balaban J connectivity index is 1.64. The van der Waals surface area contributed by atoms with Crippen LogP contribution >= 0.6 is 11.8 Å². The number of hydrogen-bond donors (Lipinski definition) is 2. The molecule has 1 fully saturated rings. The van der Waals surface area contributed by atoms with Crippen molar-refractivity contribution in [2.24, 2.45) is 5.92 Å². The summed E-state index contributed by atoms with van der Waals surface area (Å²) in [6.07, 6.45) is -0.117. The van der Waals surface area contributed by atoms with Crippen molar-refractivity contribution >= 4 is 11.8 Å². The number of aliphatic hydroxyl groups excluding tert-OH is 2. The molecule has 3 unspecified atom stereocenters. The van der Waals surface area contributed by atoms with Crippen molar-refractivity contribution in [3.63, 3.8) is 0 Å². The van der Waals surface area contributed by atoms with Crippen molar-refractivity contribution in [2.75, 3.05) is 18.1 Å². The van der Waals surface area contributed by atoms with E-state index >= 15 is 0 Å². The lowest BCUT2D eigenvalue weighted by molar-refractivity contribution is 0.00754. The monoisotopic (exact) mass is 268 g/mol. The van der Waals surface area contributed by atoms with Crippen LogP contribution in [0.15, 0.2) is 30.3 Å². The molecule has 0 amide bonds. The van der Waals surface area contributed by atoms with Crippen LogP contribution < -0.4 is 0 Å². The standard InChI is InChI=1S/C14H20O3S/c15-13(6-12-9-18-10-14(12)16)8-17-7-11-4-2-1-3-5-11/h1-5,12-16H,6-10H2. The average Bonchev–Trinajstić information content (AvgIpc) is 2.76. The topological polar surface area (TPSA) is 49.7 Å². The number of rotatable bonds is 6. The lowest BCUT2D eigenvalue weighted by atomic mass is 9.99. The molecule has 18 heavy (non-hydrogen) atoms. The lowest BCUT2D eigenvalue weighted by Crippen LogP contribution is -2.26. The van der Waals surface area contributed by atoms with Gasteiger partial charge in [0.2, 0.25) is 0 Å². The second-order valence-electron chi connectivity index (χ2n) is 4.76. The van der Waals surface area contributed by atoms with E-state index in [9.17, 15) is 10.2 Å². The fourth-order valence-corrected chi connectivity index (χ4v) is 3.43. The molecule has 4 heteroatoms. The van der Waals surface area contributed by atoms with Crippen LogP contribution in [0.4, 0.5) is 0 Å². The first-order valence-corrected chi connectivity index (χ1v) is 7.46. The third-order valence-electron chi connectivity index (χ3n) is 3.16. The zero-order valence-corrected chi connectivity index (χ0v) is 11.2. The number of hydrogen-bond acceptors (Lipinski definition) is 4. The van der Waals surface area contributed by atoms with Crippen LogP contribution in [0.3, 0.4) is 0 Å². The van der Waals surface area contributed by atoms with Crippen molar-refractivity contribution in [1.29, 1.82) is 0 Å². The van der Waals surface area contributed by atoms with Crippen molar-refractivity contribution in [3.8, 4) is 0 Å². The molecule has 1 aromatic rings. The Hall–Kier alpha value is -0.550. The SMILES string of the molecule is OC(COCc1ccccc1)CC1CSCC1O. The minimum absolute atomic E-state index is 0.213. The van der Waals surface area contributed by atoms with E-state index in [0.717, 1.165) is 17.1 Å². The average molecular weight is 268 g/mol. The predicted octanol–water partition coefficient (Wildman–Crippen LogP) is 1.68. The molecule has 1 saturated heterocycles. The molecule has 1 aliphatic rings. The van der Waals surface area contributed by atoms with E-state index < -0.39 is 6.10 Å². The molecule has 2 N–H and O–H groups in total. The number of benzene rings is 1. The Bertz CT molecular complexity index is 344. The first kappa shape index (κ1) is 13.9. The second kappa shape index (κ2) is 7.14. The van der Waals surface area contributed by atoms with Crippen molar-refractivity contribution in [1.82, 2.24) is 0 Å². The van der Waals surface area contributed by atoms with Crippen LogP contribution in [-0.4, -0.2) is 40.5 Å². The Morgan fingerprint density at radius 1 is 1.28 bits per heavy atom. The first-order chi connectivity index (χ1) is 8.75. The van der Waals surface area contributed by atoms with E-state index in [1.165, 1.54) is 0 Å². The van der Waals surface area contributed by atoms with Crippen LogP contribution in [0.5, 0.6) is 0 Å². The van der Waals surface area contributed by atoms with Crippen molar-refractivity contribution in [3.05, 3.63) is 35.9 Å². The van der Waals surface area contributed by atoms with Gasteiger partial charge in [0.25, 0.3) is 0 Å². The van der Waals surface area contributed by atoms with Gasteiger partial charge in [-0.25, -0.2) is 0 Å². The zero-order chi connectivity index (χ0) is 12.8. The summed E-state index contributed by atoms with van der Waals surface area (Å²) in [7, 11) is 0. The van der Waals surface area contributed by atoms with E-state index in [2.05, 4.69) is 0 Å². The van der Waals surface area contributed by atoms with E-state index in [1.807, 2.05) is 30.3 Å². The number of ether oxygens (including phenoxy) is 1. The third kappa shape index (κ3) is 4.28. The van der Waals surface area contributed by atoms with Gasteiger partial charge in [0.1, 0.15) is 0 Å². The van der Waals surface area contributed by atoms with E-state index in [4.69, 9.17) is 4.74 Å². The molecule has 2 rings (SSSR count). The fourth-order valence-electron chi connectivity index (χ4n) is 2.12. The van der Waals surface area contributed by atoms with Gasteiger partial charge in [-0.2, -0.15) is 11.8 Å². The van der Waals surface area contributed by atoms with Gasteiger partial charge >= 0.3 is 0 Å². The van der Waals surface area contributed by atoms with E-state index in [-0.39, 0.29) is 12.0 Å². The highest BCUT2D eigenvalue weighted by molar-refractivity contribution is 7.99. The Morgan fingerprint density at radius 3 is 2.72 bits per heavy atom. The van der Waals surface area contributed by atoms with Crippen LogP contribution in [0, 0.1) is 5.92 Å². The van der Waals surface area contributed by atoms with E-state index in [1.54, 1.807) is 11.8 Å². The Kier molecular flexibility index (Phi) is 5.50. The normalized spacial score (nSPS) is 25.2. The molecule has 0 aliphatic carbocycles. The fraction of sp³-hybridized carbons (Fsp3) is 0.571. The second-order valence-corrected chi connectivity index (χ2v) is 5.83. The summed E-state index contributed by atoms with van der Waals surface area (Å²) in [6, 6.07) is 9.92. The summed E-state index contributed by atoms with van der Waals surface area (Å²) in [5, 5.41) is 19.5. The summed E-state index contributed by atoms with van der Waals surface area (Å²) >= 11 is 1.75. The van der Waals surface area contributed by atoms with Gasteiger partial charge in [0, 0.05) is 5.75 Å². The lowest BCUT2D eigenvalue weighted by Gasteiger charge is -2.18. The molecule has 1 aliphatic heterocycles. The van der Waals surface area contributed by atoms with Crippen LogP contribution in [0.1, 0.15) is 12.0 Å². The maximum atomic E-state index is 9.86. The quantitative estimate of drug-likeness (QED) is 0.824. The molecule has 1 aromatic carbocycles. The molecule has 0 saturated carbocycles. The van der Waals surface area contributed by atoms with Gasteiger partial charge in [0.05, 0.1) is 25.4 Å². The number of aliphatic hydroxyl groups is 2. The van der Waals surface area contributed by atoms with Gasteiger partial charge in [0.15, 0.2) is 0 Å². The number of thioether (sulfide) groups is 1. The van der Waals surface area contributed by atoms with Crippen LogP contribution in [-0.2, 0) is 11.3 Å². The molecule has 100 valence electrons. The molecule has 0 aromatic heterocycles. The zero-order valence-electron chi connectivity index (χ0n) is 10.4. The first-order valence-electron chi connectivity index (χ1n) is 6.31. The molecule has 3 nitrogen and oxygen atoms in total. The van der Waals surface area contributed by atoms with Crippen LogP contribution in [0.2, 0.25) is 0 Å². The Labute approximate surface area is 112 Å². The molecule has 3 atom stereocenters. The van der Waals surface area contributed by atoms with E-state index in [0.29, 0.717) is 19.6 Å². The van der Waals surface area contributed by atoms with Gasteiger partial charge in [-0.3, -0.25) is 0 Å². The smallest absolute Gasteiger partial charge is 0.0777 e. The van der Waals surface area contributed by atoms with Crippen LogP contribution in [0.25, 0.3) is 0 Å². The van der Waals surface area contributed by atoms with Crippen molar-refractivity contribution in [2.45, 2.75) is 25.2 Å². The highest BCUT2D eigenvalue weighted by Gasteiger charge is 2.27. The van der Waals surface area contributed by atoms with Crippen molar-refractivity contribution < 1.29 is 14.9 Å². The predicted molar refractivity (Wildman–Crippen MR) is 73.5 cm³/mol. The summed E-state index contributed by atoms with van der Waals surface area (Å²) in [6.45, 7) is 0.864. The molecule has 1 heterocycles. The molecular formula is C14H20O3S. The molecular weight excluding hydrogens is 248 g/mol.